The van der Waals surface area contributed by atoms with E-state index in [1.54, 1.807) is 12.1 Å². The van der Waals surface area contributed by atoms with Crippen molar-refractivity contribution in [3.63, 3.8) is 0 Å². The Bertz CT molecular complexity index is 878. The van der Waals surface area contributed by atoms with Crippen molar-refractivity contribution in [1.82, 2.24) is 4.98 Å². The van der Waals surface area contributed by atoms with Gasteiger partial charge in [0.2, 0.25) is 0 Å². The van der Waals surface area contributed by atoms with Gasteiger partial charge in [-0.05, 0) is 35.7 Å². The minimum Gasteiger partial charge on any atom is -0.351 e. The van der Waals surface area contributed by atoms with Gasteiger partial charge in [-0.2, -0.15) is 0 Å². The lowest BCUT2D eigenvalue weighted by Crippen LogP contribution is -2.32. The molecule has 3 aromatic rings. The van der Waals surface area contributed by atoms with Crippen LogP contribution in [0.5, 0.6) is 0 Å². The summed E-state index contributed by atoms with van der Waals surface area (Å²) in [7, 11) is 0. The number of rotatable bonds is 4. The smallest absolute Gasteiger partial charge is 0.132 e. The predicted molar refractivity (Wildman–Crippen MR) is 99.2 cm³/mol. The lowest BCUT2D eigenvalue weighted by molar-refractivity contribution is 0.491. The van der Waals surface area contributed by atoms with Crippen molar-refractivity contribution in [2.45, 2.75) is 25.3 Å². The Morgan fingerprint density at radius 1 is 1.00 bits per heavy atom. The van der Waals surface area contributed by atoms with Crippen LogP contribution in [0, 0.1) is 5.82 Å². The minimum absolute atomic E-state index is 0.0772. The molecule has 2 nitrogen and oxygen atoms in total. The number of pyridine rings is 1. The third kappa shape index (κ3) is 3.14. The van der Waals surface area contributed by atoms with Gasteiger partial charge in [-0.1, -0.05) is 55.5 Å². The monoisotopic (exact) mass is 332 g/mol. The normalized spacial score (nSPS) is 19.0. The van der Waals surface area contributed by atoms with Crippen molar-refractivity contribution < 1.29 is 4.39 Å². The molecular formula is C22H21FN2. The molecule has 0 fully saturated rings. The fraction of sp³-hybridized carbons (Fsp3) is 0.227. The molecule has 0 spiro atoms. The van der Waals surface area contributed by atoms with Gasteiger partial charge in [0, 0.05) is 30.3 Å². The largest absolute Gasteiger partial charge is 0.351 e. The average Bonchev–Trinajstić information content (AvgIpc) is 2.88. The van der Waals surface area contributed by atoms with Crippen LogP contribution in [0.15, 0.2) is 72.9 Å². The molecule has 0 amide bonds. The second kappa shape index (κ2) is 6.32. The van der Waals surface area contributed by atoms with E-state index in [4.69, 9.17) is 0 Å². The van der Waals surface area contributed by atoms with Crippen LogP contribution in [-0.4, -0.2) is 11.5 Å². The van der Waals surface area contributed by atoms with Crippen molar-refractivity contribution in [3.8, 4) is 0 Å². The highest BCUT2D eigenvalue weighted by atomic mass is 19.1. The summed E-state index contributed by atoms with van der Waals surface area (Å²) in [5, 5.41) is 0. The molecule has 0 radical (unpaired) electrons. The molecule has 25 heavy (non-hydrogen) atoms. The SMILES string of the molecule is C[C@@]1(Cc2cccc(F)c2)CN(Cc2ccccc2)c2ncccc21. The standard InChI is InChI=1S/C22H21FN2/c1-22(14-18-9-5-10-19(23)13-18)16-25(15-17-7-3-2-4-8-17)21-20(22)11-6-12-24-21/h2-13H,14-16H2,1H3/t22-/m1/s1. The van der Waals surface area contributed by atoms with Crippen LogP contribution in [-0.2, 0) is 18.4 Å². The highest BCUT2D eigenvalue weighted by Gasteiger charge is 2.39. The molecule has 3 heteroatoms. The number of nitrogens with zero attached hydrogens (tertiary/aromatic N) is 2. The first-order chi connectivity index (χ1) is 12.1. The van der Waals surface area contributed by atoms with Crippen LogP contribution in [0.1, 0.15) is 23.6 Å². The molecule has 1 aromatic heterocycles. The molecule has 0 bridgehead atoms. The number of aromatic nitrogens is 1. The fourth-order valence-electron chi connectivity index (χ4n) is 3.88. The first-order valence-electron chi connectivity index (χ1n) is 8.63. The molecule has 126 valence electrons. The van der Waals surface area contributed by atoms with E-state index >= 15 is 0 Å². The van der Waals surface area contributed by atoms with Gasteiger partial charge in [0.25, 0.3) is 0 Å². The molecular weight excluding hydrogens is 311 g/mol. The number of hydrogen-bond donors (Lipinski definition) is 0. The zero-order chi connectivity index (χ0) is 17.3. The maximum absolute atomic E-state index is 13.6. The zero-order valence-electron chi connectivity index (χ0n) is 14.3. The molecule has 0 N–H and O–H groups in total. The van der Waals surface area contributed by atoms with Gasteiger partial charge in [-0.15, -0.1) is 0 Å². The number of halogens is 1. The molecule has 1 aliphatic heterocycles. The van der Waals surface area contributed by atoms with E-state index in [0.29, 0.717) is 0 Å². The Kier molecular flexibility index (Phi) is 4.00. The maximum Gasteiger partial charge on any atom is 0.132 e. The Hall–Kier alpha value is -2.68. The van der Waals surface area contributed by atoms with Crippen LogP contribution in [0.2, 0.25) is 0 Å². The molecule has 1 aliphatic rings. The fourth-order valence-corrected chi connectivity index (χ4v) is 3.88. The number of fused-ring (bicyclic) bond motifs is 1. The predicted octanol–water partition coefficient (Wildman–Crippen LogP) is 4.74. The van der Waals surface area contributed by atoms with E-state index in [2.05, 4.69) is 47.1 Å². The lowest BCUT2D eigenvalue weighted by atomic mass is 9.79. The summed E-state index contributed by atoms with van der Waals surface area (Å²) >= 11 is 0. The van der Waals surface area contributed by atoms with Gasteiger partial charge in [0.15, 0.2) is 0 Å². The van der Waals surface area contributed by atoms with Gasteiger partial charge in [0.1, 0.15) is 11.6 Å². The van der Waals surface area contributed by atoms with Crippen molar-refractivity contribution >= 4 is 5.82 Å². The number of hydrogen-bond acceptors (Lipinski definition) is 2. The van der Waals surface area contributed by atoms with Crippen molar-refractivity contribution in [2.75, 3.05) is 11.4 Å². The van der Waals surface area contributed by atoms with E-state index in [1.807, 2.05) is 24.4 Å². The highest BCUT2D eigenvalue weighted by molar-refractivity contribution is 5.58. The molecule has 0 aliphatic carbocycles. The van der Waals surface area contributed by atoms with Gasteiger partial charge >= 0.3 is 0 Å². The second-order valence-corrected chi connectivity index (χ2v) is 7.08. The van der Waals surface area contributed by atoms with E-state index in [-0.39, 0.29) is 11.2 Å². The summed E-state index contributed by atoms with van der Waals surface area (Å²) in [4.78, 5) is 6.98. The summed E-state index contributed by atoms with van der Waals surface area (Å²) in [5.41, 5.74) is 3.47. The molecule has 1 atom stereocenters. The van der Waals surface area contributed by atoms with E-state index < -0.39 is 0 Å². The topological polar surface area (TPSA) is 16.1 Å². The van der Waals surface area contributed by atoms with E-state index in [1.165, 1.54) is 17.2 Å². The Morgan fingerprint density at radius 2 is 1.80 bits per heavy atom. The van der Waals surface area contributed by atoms with Gasteiger partial charge in [-0.3, -0.25) is 0 Å². The summed E-state index contributed by atoms with van der Waals surface area (Å²) in [6.07, 6.45) is 2.65. The minimum atomic E-state index is -0.174. The number of benzene rings is 2. The molecule has 0 saturated carbocycles. The van der Waals surface area contributed by atoms with Gasteiger partial charge in [0.05, 0.1) is 0 Å². The quantitative estimate of drug-likeness (QED) is 0.686. The van der Waals surface area contributed by atoms with Crippen LogP contribution < -0.4 is 4.90 Å². The third-order valence-electron chi connectivity index (χ3n) is 4.98. The summed E-state index contributed by atoms with van der Waals surface area (Å²) in [6.45, 7) is 3.97. The van der Waals surface area contributed by atoms with Crippen molar-refractivity contribution in [1.29, 1.82) is 0 Å². The van der Waals surface area contributed by atoms with Crippen LogP contribution >= 0.6 is 0 Å². The first kappa shape index (κ1) is 15.8. The number of anilines is 1. The van der Waals surface area contributed by atoms with Gasteiger partial charge in [-0.25, -0.2) is 9.37 Å². The molecule has 0 unspecified atom stereocenters. The zero-order valence-corrected chi connectivity index (χ0v) is 14.3. The first-order valence-corrected chi connectivity index (χ1v) is 8.63. The summed E-state index contributed by atoms with van der Waals surface area (Å²) < 4.78 is 13.6. The van der Waals surface area contributed by atoms with E-state index in [0.717, 1.165) is 30.9 Å². The third-order valence-corrected chi connectivity index (χ3v) is 4.98. The molecule has 2 heterocycles. The molecule has 0 saturated heterocycles. The van der Waals surface area contributed by atoms with Crippen LogP contribution in [0.4, 0.5) is 10.2 Å². The molecule has 2 aromatic carbocycles. The lowest BCUT2D eigenvalue weighted by Gasteiger charge is -2.26. The Labute approximate surface area is 148 Å². The summed E-state index contributed by atoms with van der Waals surface area (Å²) in [5.74, 6) is 0.872. The Balaban J connectivity index is 1.65. The average molecular weight is 332 g/mol. The molecule has 4 rings (SSSR count). The van der Waals surface area contributed by atoms with E-state index in [9.17, 15) is 4.39 Å². The summed E-state index contributed by atoms with van der Waals surface area (Å²) in [6, 6.07) is 21.5. The van der Waals surface area contributed by atoms with Crippen LogP contribution in [0.3, 0.4) is 0 Å². The maximum atomic E-state index is 13.6. The van der Waals surface area contributed by atoms with Gasteiger partial charge < -0.3 is 4.90 Å². The highest BCUT2D eigenvalue weighted by Crippen LogP contribution is 2.42. The van der Waals surface area contributed by atoms with Crippen LogP contribution in [0.25, 0.3) is 0 Å². The van der Waals surface area contributed by atoms with Crippen molar-refractivity contribution in [3.05, 3.63) is 95.4 Å². The van der Waals surface area contributed by atoms with Crippen molar-refractivity contribution in [2.24, 2.45) is 0 Å². The second-order valence-electron chi connectivity index (χ2n) is 7.08. The Morgan fingerprint density at radius 3 is 2.60 bits per heavy atom.